The maximum Gasteiger partial charge on any atom is 0.306 e. The average Bonchev–Trinajstić information content (AvgIpc) is 3.52. The summed E-state index contributed by atoms with van der Waals surface area (Å²) >= 11 is 0. The number of nitrogens with zero attached hydrogens (tertiary/aromatic N) is 3. The summed E-state index contributed by atoms with van der Waals surface area (Å²) < 4.78 is 7.69. The minimum atomic E-state index is 0.489. The number of imidazole rings is 1. The molecule has 0 saturated carbocycles. The van der Waals surface area contributed by atoms with Crippen LogP contribution in [0.3, 0.4) is 0 Å². The van der Waals surface area contributed by atoms with Gasteiger partial charge in [-0.25, -0.2) is 0 Å². The molecule has 0 bridgehead atoms. The standard InChI is InChI=1S/C32H27N3O/c1-23(2)24-13-15-26(16-14-24)31-30(33-32-34(31)21-22-36-32)25-17-19-29(20-18-25)35(27-9-5-3-6-10-27)28-11-7-4-8-12-28/h3-23H,1-2H3. The second-order valence-corrected chi connectivity index (χ2v) is 9.19. The van der Waals surface area contributed by atoms with Crippen LogP contribution < -0.4 is 4.90 Å². The second kappa shape index (κ2) is 9.23. The van der Waals surface area contributed by atoms with Crippen LogP contribution in [0.2, 0.25) is 0 Å². The van der Waals surface area contributed by atoms with Crippen molar-refractivity contribution in [2.45, 2.75) is 19.8 Å². The molecule has 0 fully saturated rings. The van der Waals surface area contributed by atoms with Gasteiger partial charge in [-0.15, -0.1) is 0 Å². The van der Waals surface area contributed by atoms with E-state index in [2.05, 4.69) is 116 Å². The molecule has 6 rings (SSSR count). The molecule has 0 amide bonds. The number of benzene rings is 4. The molecule has 0 N–H and O–H groups in total. The Kier molecular flexibility index (Phi) is 5.62. The van der Waals surface area contributed by atoms with Crippen molar-refractivity contribution in [2.75, 3.05) is 4.90 Å². The van der Waals surface area contributed by atoms with E-state index in [-0.39, 0.29) is 0 Å². The SMILES string of the molecule is CC(C)c1ccc(-c2c(-c3ccc(N(c4ccccc4)c4ccccc4)cc3)nc3occn23)cc1. The first-order chi connectivity index (χ1) is 17.7. The van der Waals surface area contributed by atoms with E-state index >= 15 is 0 Å². The highest BCUT2D eigenvalue weighted by atomic mass is 16.3. The van der Waals surface area contributed by atoms with E-state index in [9.17, 15) is 0 Å². The smallest absolute Gasteiger partial charge is 0.306 e. The number of aromatic nitrogens is 2. The van der Waals surface area contributed by atoms with Crippen LogP contribution in [0, 0.1) is 0 Å². The van der Waals surface area contributed by atoms with E-state index in [4.69, 9.17) is 9.40 Å². The molecule has 176 valence electrons. The van der Waals surface area contributed by atoms with Gasteiger partial charge in [-0.05, 0) is 47.9 Å². The lowest BCUT2D eigenvalue weighted by Gasteiger charge is -2.25. The molecule has 0 aliphatic rings. The fourth-order valence-corrected chi connectivity index (χ4v) is 4.66. The summed E-state index contributed by atoms with van der Waals surface area (Å²) in [7, 11) is 0. The number of anilines is 3. The van der Waals surface area contributed by atoms with Crippen molar-refractivity contribution in [2.24, 2.45) is 0 Å². The van der Waals surface area contributed by atoms with Gasteiger partial charge in [0.25, 0.3) is 0 Å². The van der Waals surface area contributed by atoms with Crippen molar-refractivity contribution < 1.29 is 4.42 Å². The Morgan fingerprint density at radius 3 is 1.81 bits per heavy atom. The monoisotopic (exact) mass is 469 g/mol. The fourth-order valence-electron chi connectivity index (χ4n) is 4.66. The third kappa shape index (κ3) is 3.97. The molecule has 0 aliphatic heterocycles. The van der Waals surface area contributed by atoms with Crippen molar-refractivity contribution in [1.29, 1.82) is 0 Å². The van der Waals surface area contributed by atoms with Crippen molar-refractivity contribution in [1.82, 2.24) is 9.38 Å². The van der Waals surface area contributed by atoms with Crippen LogP contribution in [0.4, 0.5) is 17.1 Å². The largest absolute Gasteiger partial charge is 0.432 e. The molecule has 0 unspecified atom stereocenters. The topological polar surface area (TPSA) is 33.7 Å². The van der Waals surface area contributed by atoms with E-state index in [1.165, 1.54) is 5.56 Å². The summed E-state index contributed by atoms with van der Waals surface area (Å²) in [6, 6.07) is 38.2. The predicted molar refractivity (Wildman–Crippen MR) is 147 cm³/mol. The van der Waals surface area contributed by atoms with Gasteiger partial charge in [0.2, 0.25) is 0 Å². The van der Waals surface area contributed by atoms with E-state index in [0.717, 1.165) is 39.6 Å². The molecule has 6 aromatic rings. The van der Waals surface area contributed by atoms with Crippen LogP contribution in [0.15, 0.2) is 126 Å². The summed E-state index contributed by atoms with van der Waals surface area (Å²) in [6.45, 7) is 4.42. The molecule has 2 heterocycles. The average molecular weight is 470 g/mol. The molecule has 4 aromatic carbocycles. The number of rotatable bonds is 6. The van der Waals surface area contributed by atoms with Gasteiger partial charge >= 0.3 is 5.84 Å². The zero-order chi connectivity index (χ0) is 24.5. The Morgan fingerprint density at radius 1 is 0.667 bits per heavy atom. The van der Waals surface area contributed by atoms with Crippen molar-refractivity contribution in [3.8, 4) is 22.5 Å². The van der Waals surface area contributed by atoms with Gasteiger partial charge < -0.3 is 9.32 Å². The molecule has 0 aliphatic carbocycles. The molecule has 0 spiro atoms. The Morgan fingerprint density at radius 2 is 1.22 bits per heavy atom. The lowest BCUT2D eigenvalue weighted by molar-refractivity contribution is 0.596. The second-order valence-electron chi connectivity index (χ2n) is 9.19. The molecule has 2 aromatic heterocycles. The van der Waals surface area contributed by atoms with E-state index in [0.29, 0.717) is 11.8 Å². The summed E-state index contributed by atoms with van der Waals surface area (Å²) in [5.74, 6) is 1.08. The first kappa shape index (κ1) is 21.9. The summed E-state index contributed by atoms with van der Waals surface area (Å²) in [5.41, 5.74) is 8.73. The summed E-state index contributed by atoms with van der Waals surface area (Å²) in [5, 5.41) is 0. The third-order valence-corrected chi connectivity index (χ3v) is 6.54. The quantitative estimate of drug-likeness (QED) is 0.244. The Balaban J connectivity index is 1.43. The maximum atomic E-state index is 5.67. The van der Waals surface area contributed by atoms with Gasteiger partial charge in [0.05, 0.1) is 5.69 Å². The Labute approximate surface area is 211 Å². The molecular formula is C32H27N3O. The number of hydrogen-bond acceptors (Lipinski definition) is 3. The molecule has 0 atom stereocenters. The Bertz CT molecular complexity index is 1540. The highest BCUT2D eigenvalue weighted by Gasteiger charge is 2.19. The van der Waals surface area contributed by atoms with Crippen molar-refractivity contribution in [3.63, 3.8) is 0 Å². The number of hydrogen-bond donors (Lipinski definition) is 0. The first-order valence-corrected chi connectivity index (χ1v) is 12.3. The minimum Gasteiger partial charge on any atom is -0.432 e. The number of fused-ring (bicyclic) bond motifs is 1. The van der Waals surface area contributed by atoms with Crippen molar-refractivity contribution in [3.05, 3.63) is 127 Å². The maximum absolute atomic E-state index is 5.67. The van der Waals surface area contributed by atoms with E-state index < -0.39 is 0 Å². The first-order valence-electron chi connectivity index (χ1n) is 12.3. The van der Waals surface area contributed by atoms with E-state index in [1.807, 2.05) is 22.7 Å². The molecule has 0 saturated heterocycles. The van der Waals surface area contributed by atoms with Gasteiger partial charge in [-0.2, -0.15) is 4.98 Å². The highest BCUT2D eigenvalue weighted by molar-refractivity contribution is 5.83. The Hall–Kier alpha value is -4.57. The van der Waals surface area contributed by atoms with Crippen LogP contribution in [0.1, 0.15) is 25.3 Å². The van der Waals surface area contributed by atoms with Gasteiger partial charge in [-0.3, -0.25) is 4.40 Å². The molecule has 0 radical (unpaired) electrons. The van der Waals surface area contributed by atoms with Gasteiger partial charge in [0.15, 0.2) is 0 Å². The predicted octanol–water partition coefficient (Wildman–Crippen LogP) is 8.85. The zero-order valence-corrected chi connectivity index (χ0v) is 20.4. The summed E-state index contributed by atoms with van der Waals surface area (Å²) in [6.07, 6.45) is 3.61. The normalized spacial score (nSPS) is 11.3. The number of para-hydroxylation sites is 2. The minimum absolute atomic E-state index is 0.489. The van der Waals surface area contributed by atoms with Gasteiger partial charge in [0.1, 0.15) is 12.0 Å². The molecule has 36 heavy (non-hydrogen) atoms. The molecule has 4 heteroatoms. The van der Waals surface area contributed by atoms with E-state index in [1.54, 1.807) is 6.26 Å². The molecule has 4 nitrogen and oxygen atoms in total. The molecular weight excluding hydrogens is 442 g/mol. The van der Waals surface area contributed by atoms with Crippen LogP contribution >= 0.6 is 0 Å². The lowest BCUT2D eigenvalue weighted by atomic mass is 9.99. The van der Waals surface area contributed by atoms with Crippen LogP contribution in [0.25, 0.3) is 28.4 Å². The van der Waals surface area contributed by atoms with Crippen LogP contribution in [0.5, 0.6) is 0 Å². The zero-order valence-electron chi connectivity index (χ0n) is 20.4. The van der Waals surface area contributed by atoms with Crippen LogP contribution in [-0.2, 0) is 0 Å². The third-order valence-electron chi connectivity index (χ3n) is 6.54. The van der Waals surface area contributed by atoms with Crippen molar-refractivity contribution >= 4 is 22.9 Å². The van der Waals surface area contributed by atoms with Gasteiger partial charge in [0, 0.05) is 34.4 Å². The van der Waals surface area contributed by atoms with Gasteiger partial charge in [-0.1, -0.05) is 86.6 Å². The lowest BCUT2D eigenvalue weighted by Crippen LogP contribution is -2.09. The fraction of sp³-hybridized carbons (Fsp3) is 0.0938. The summed E-state index contributed by atoms with van der Waals surface area (Å²) in [4.78, 5) is 7.11. The van der Waals surface area contributed by atoms with Crippen LogP contribution in [-0.4, -0.2) is 9.38 Å². The number of oxazole rings is 1. The highest BCUT2D eigenvalue weighted by Crippen LogP contribution is 2.38.